The zero-order chi connectivity index (χ0) is 19.1. The number of hydrogen-bond acceptors (Lipinski definition) is 3. The Kier molecular flexibility index (Phi) is 3.90. The minimum atomic E-state index is 0.745. The summed E-state index contributed by atoms with van der Waals surface area (Å²) in [4.78, 5) is 4.55. The zero-order valence-corrected chi connectivity index (χ0v) is 15.9. The number of benzene rings is 2. The molecule has 4 heteroatoms. The summed E-state index contributed by atoms with van der Waals surface area (Å²) >= 11 is 0. The van der Waals surface area contributed by atoms with Crippen molar-refractivity contribution in [2.75, 3.05) is 19.0 Å². The summed E-state index contributed by atoms with van der Waals surface area (Å²) in [5.41, 5.74) is 7.17. The molecule has 0 saturated heterocycles. The Morgan fingerprint density at radius 2 is 1.89 bits per heavy atom. The highest BCUT2D eigenvalue weighted by Crippen LogP contribution is 2.37. The van der Waals surface area contributed by atoms with Gasteiger partial charge in [-0.05, 0) is 47.0 Å². The quantitative estimate of drug-likeness (QED) is 0.540. The third-order valence-corrected chi connectivity index (χ3v) is 5.38. The molecule has 0 bridgehead atoms. The number of pyridine rings is 1. The normalized spacial score (nSPS) is 13.0. The average Bonchev–Trinajstić information content (AvgIpc) is 3.09. The van der Waals surface area contributed by atoms with E-state index in [1.54, 1.807) is 7.11 Å². The number of rotatable bonds is 3. The summed E-state index contributed by atoms with van der Waals surface area (Å²) in [6, 6.07) is 18.8. The first-order valence-corrected chi connectivity index (χ1v) is 9.37. The maximum absolute atomic E-state index is 5.45. The molecule has 1 N–H and O–H groups in total. The van der Waals surface area contributed by atoms with E-state index in [0.717, 1.165) is 23.7 Å². The van der Waals surface area contributed by atoms with Crippen molar-refractivity contribution in [2.24, 2.45) is 7.05 Å². The molecule has 0 unspecified atom stereocenters. The monoisotopic (exact) mass is 367 g/mol. The lowest BCUT2D eigenvalue weighted by atomic mass is 9.94. The number of anilines is 1. The van der Waals surface area contributed by atoms with Crippen LogP contribution in [0.25, 0.3) is 33.7 Å². The lowest BCUT2D eigenvalue weighted by molar-refractivity contribution is 0.415. The van der Waals surface area contributed by atoms with Crippen LogP contribution in [-0.2, 0) is 7.05 Å². The second-order valence-electron chi connectivity index (χ2n) is 7.05. The highest BCUT2D eigenvalue weighted by molar-refractivity contribution is 6.02. The van der Waals surface area contributed by atoms with Gasteiger partial charge in [-0.2, -0.15) is 0 Å². The van der Waals surface area contributed by atoms with E-state index in [2.05, 4.69) is 76.7 Å². The average molecular weight is 367 g/mol. The van der Waals surface area contributed by atoms with E-state index >= 15 is 0 Å². The Bertz CT molecular complexity index is 1210. The van der Waals surface area contributed by atoms with Crippen LogP contribution in [0.4, 0.5) is 5.82 Å². The summed E-state index contributed by atoms with van der Waals surface area (Å²) in [6.45, 7) is 0.745. The number of fused-ring (bicyclic) bond motifs is 2. The predicted molar refractivity (Wildman–Crippen MR) is 116 cm³/mol. The number of aryl methyl sites for hydroxylation is 1. The Hall–Kier alpha value is -3.53. The lowest BCUT2D eigenvalue weighted by Crippen LogP contribution is -2.12. The van der Waals surface area contributed by atoms with Crippen LogP contribution in [0.2, 0.25) is 0 Å². The molecule has 0 saturated carbocycles. The minimum absolute atomic E-state index is 0.745. The largest absolute Gasteiger partial charge is 0.497 e. The molecule has 3 heterocycles. The molecule has 0 fully saturated rings. The van der Waals surface area contributed by atoms with Gasteiger partial charge < -0.3 is 14.6 Å². The van der Waals surface area contributed by atoms with Crippen LogP contribution in [0, 0.1) is 0 Å². The molecular formula is C24H21N3O. The van der Waals surface area contributed by atoms with Gasteiger partial charge in [-0.25, -0.2) is 4.98 Å². The van der Waals surface area contributed by atoms with Gasteiger partial charge in [0, 0.05) is 48.0 Å². The van der Waals surface area contributed by atoms with Gasteiger partial charge in [0.25, 0.3) is 0 Å². The van der Waals surface area contributed by atoms with Crippen molar-refractivity contribution in [2.45, 2.75) is 0 Å². The Morgan fingerprint density at radius 3 is 2.71 bits per heavy atom. The molecule has 28 heavy (non-hydrogen) atoms. The molecule has 0 radical (unpaired) electrons. The topological polar surface area (TPSA) is 39.1 Å². The van der Waals surface area contributed by atoms with Gasteiger partial charge in [-0.15, -0.1) is 0 Å². The van der Waals surface area contributed by atoms with Gasteiger partial charge in [0.2, 0.25) is 0 Å². The van der Waals surface area contributed by atoms with E-state index in [-0.39, 0.29) is 0 Å². The molecule has 2 aromatic heterocycles. The van der Waals surface area contributed by atoms with Gasteiger partial charge in [-0.1, -0.05) is 30.3 Å². The van der Waals surface area contributed by atoms with E-state index in [0.29, 0.717) is 0 Å². The van der Waals surface area contributed by atoms with Gasteiger partial charge in [0.15, 0.2) is 0 Å². The van der Waals surface area contributed by atoms with Gasteiger partial charge in [0.1, 0.15) is 11.6 Å². The molecule has 5 rings (SSSR count). The molecule has 4 aromatic rings. The SMILES string of the molecule is COc1ccc2c(c1)c(C1=Cc3c(-c4ccccc4)ccnc3NC1)cn2C. The summed E-state index contributed by atoms with van der Waals surface area (Å²) in [5.74, 6) is 1.80. The fraction of sp³-hybridized carbons (Fsp3) is 0.125. The second kappa shape index (κ2) is 6.57. The molecule has 4 nitrogen and oxygen atoms in total. The van der Waals surface area contributed by atoms with E-state index in [4.69, 9.17) is 4.74 Å². The number of nitrogens with one attached hydrogen (secondary N) is 1. The Balaban J connectivity index is 1.69. The molecule has 0 spiro atoms. The van der Waals surface area contributed by atoms with Crippen LogP contribution in [-0.4, -0.2) is 23.2 Å². The van der Waals surface area contributed by atoms with E-state index in [1.807, 2.05) is 18.3 Å². The first kappa shape index (κ1) is 16.6. The standard InChI is InChI=1S/C24H21N3O/c1-27-15-22(20-13-18(28-2)8-9-23(20)27)17-12-21-19(16-6-4-3-5-7-16)10-11-25-24(21)26-14-17/h3-13,15H,14H2,1-2H3,(H,25,26). The summed E-state index contributed by atoms with van der Waals surface area (Å²) in [6.07, 6.45) is 6.34. The van der Waals surface area contributed by atoms with Crippen molar-refractivity contribution >= 4 is 28.4 Å². The molecule has 0 aliphatic carbocycles. The fourth-order valence-electron chi connectivity index (χ4n) is 3.96. The number of nitrogens with zero attached hydrogens (tertiary/aromatic N) is 2. The zero-order valence-electron chi connectivity index (χ0n) is 15.9. The van der Waals surface area contributed by atoms with Crippen LogP contribution in [0.1, 0.15) is 11.1 Å². The van der Waals surface area contributed by atoms with Gasteiger partial charge >= 0.3 is 0 Å². The van der Waals surface area contributed by atoms with Crippen LogP contribution in [0.5, 0.6) is 5.75 Å². The number of hydrogen-bond donors (Lipinski definition) is 1. The molecule has 138 valence electrons. The lowest BCUT2D eigenvalue weighted by Gasteiger charge is -2.20. The summed E-state index contributed by atoms with van der Waals surface area (Å²) < 4.78 is 7.62. The second-order valence-corrected chi connectivity index (χ2v) is 7.05. The van der Waals surface area contributed by atoms with Crippen molar-refractivity contribution in [3.05, 3.63) is 78.1 Å². The Morgan fingerprint density at radius 1 is 1.04 bits per heavy atom. The van der Waals surface area contributed by atoms with Crippen molar-refractivity contribution in [1.29, 1.82) is 0 Å². The van der Waals surface area contributed by atoms with Crippen molar-refractivity contribution in [3.8, 4) is 16.9 Å². The molecule has 1 aliphatic heterocycles. The molecule has 0 amide bonds. The van der Waals surface area contributed by atoms with Crippen LogP contribution < -0.4 is 10.1 Å². The van der Waals surface area contributed by atoms with Crippen molar-refractivity contribution < 1.29 is 4.74 Å². The van der Waals surface area contributed by atoms with Crippen molar-refractivity contribution in [3.63, 3.8) is 0 Å². The number of aromatic nitrogens is 2. The highest BCUT2D eigenvalue weighted by Gasteiger charge is 2.19. The molecule has 2 aromatic carbocycles. The minimum Gasteiger partial charge on any atom is -0.497 e. The Labute approximate surface area is 164 Å². The highest BCUT2D eigenvalue weighted by atomic mass is 16.5. The smallest absolute Gasteiger partial charge is 0.134 e. The maximum Gasteiger partial charge on any atom is 0.134 e. The first-order valence-electron chi connectivity index (χ1n) is 9.37. The van der Waals surface area contributed by atoms with Gasteiger partial charge in [0.05, 0.1) is 7.11 Å². The maximum atomic E-state index is 5.45. The molecular weight excluding hydrogens is 346 g/mol. The van der Waals surface area contributed by atoms with Crippen molar-refractivity contribution in [1.82, 2.24) is 9.55 Å². The van der Waals surface area contributed by atoms with E-state index in [1.165, 1.54) is 33.2 Å². The number of methoxy groups -OCH3 is 1. The fourth-order valence-corrected chi connectivity index (χ4v) is 3.96. The number of ether oxygens (including phenoxy) is 1. The predicted octanol–water partition coefficient (Wildman–Crippen LogP) is 5.22. The third kappa shape index (κ3) is 2.65. The molecule has 1 aliphatic rings. The first-order chi connectivity index (χ1) is 13.7. The molecule has 0 atom stereocenters. The van der Waals surface area contributed by atoms with Crippen LogP contribution in [0.3, 0.4) is 0 Å². The van der Waals surface area contributed by atoms with Crippen LogP contribution in [0.15, 0.2) is 67.0 Å². The van der Waals surface area contributed by atoms with Crippen LogP contribution >= 0.6 is 0 Å². The summed E-state index contributed by atoms with van der Waals surface area (Å²) in [5, 5.41) is 4.70. The van der Waals surface area contributed by atoms with Gasteiger partial charge in [-0.3, -0.25) is 0 Å². The van der Waals surface area contributed by atoms with E-state index in [9.17, 15) is 0 Å². The third-order valence-electron chi connectivity index (χ3n) is 5.38. The summed E-state index contributed by atoms with van der Waals surface area (Å²) in [7, 11) is 3.79. The van der Waals surface area contributed by atoms with E-state index < -0.39 is 0 Å².